The van der Waals surface area contributed by atoms with E-state index in [-0.39, 0.29) is 11.4 Å². The second-order valence-electron chi connectivity index (χ2n) is 4.06. The van der Waals surface area contributed by atoms with E-state index in [0.717, 1.165) is 0 Å². The van der Waals surface area contributed by atoms with E-state index in [1.165, 1.54) is 31.2 Å². The third-order valence-corrected chi connectivity index (χ3v) is 4.84. The molecule has 0 aliphatic heterocycles. The van der Waals surface area contributed by atoms with Crippen LogP contribution in [-0.4, -0.2) is 32.9 Å². The Kier molecular flexibility index (Phi) is 5.23. The zero-order valence-electron chi connectivity index (χ0n) is 10.0. The minimum Gasteiger partial charge on any atom is -0.307 e. The predicted molar refractivity (Wildman–Crippen MR) is 67.0 cm³/mol. The lowest BCUT2D eigenvalue weighted by molar-refractivity contribution is -0.124. The molecule has 0 saturated carbocycles. The van der Waals surface area contributed by atoms with Crippen LogP contribution in [0.25, 0.3) is 0 Å². The first-order chi connectivity index (χ1) is 8.63. The van der Waals surface area contributed by atoms with Gasteiger partial charge in [0.1, 0.15) is 0 Å². The quantitative estimate of drug-likeness (QED) is 0.908. The van der Waals surface area contributed by atoms with Gasteiger partial charge in [0.2, 0.25) is 0 Å². The second-order valence-corrected chi connectivity index (χ2v) is 6.86. The average molecular weight is 316 g/mol. The van der Waals surface area contributed by atoms with Gasteiger partial charge in [-0.2, -0.15) is 13.2 Å². The highest BCUT2D eigenvalue weighted by molar-refractivity contribution is 7.92. The van der Waals surface area contributed by atoms with E-state index in [1.54, 1.807) is 0 Å². The molecule has 1 unspecified atom stereocenters. The summed E-state index contributed by atoms with van der Waals surface area (Å²) in [4.78, 5) is 0.0400. The summed E-state index contributed by atoms with van der Waals surface area (Å²) < 4.78 is 59.9. The van der Waals surface area contributed by atoms with Crippen LogP contribution < -0.4 is 5.32 Å². The van der Waals surface area contributed by atoms with Crippen molar-refractivity contribution in [1.82, 2.24) is 5.32 Å². The van der Waals surface area contributed by atoms with Crippen molar-refractivity contribution < 1.29 is 21.6 Å². The number of halogens is 4. The van der Waals surface area contributed by atoms with Gasteiger partial charge in [0.25, 0.3) is 0 Å². The number of benzene rings is 1. The van der Waals surface area contributed by atoms with Gasteiger partial charge in [0, 0.05) is 11.6 Å². The summed E-state index contributed by atoms with van der Waals surface area (Å²) in [6.07, 6.45) is -4.36. The normalized spacial score (nSPS) is 14.4. The van der Waals surface area contributed by atoms with Gasteiger partial charge >= 0.3 is 6.18 Å². The molecule has 0 aliphatic carbocycles. The Labute approximate surface area is 114 Å². The Balaban J connectivity index is 2.69. The van der Waals surface area contributed by atoms with Gasteiger partial charge in [-0.15, -0.1) is 0 Å². The standard InChI is InChI=1S/C11H13ClF3NO2S/c1-8(6-16-7-11(13,14)15)19(17,18)10-4-2-9(12)3-5-10/h2-5,8,16H,6-7H2,1H3. The number of nitrogens with one attached hydrogen (secondary N) is 1. The van der Waals surface area contributed by atoms with Gasteiger partial charge < -0.3 is 5.32 Å². The van der Waals surface area contributed by atoms with Crippen LogP contribution in [-0.2, 0) is 9.84 Å². The van der Waals surface area contributed by atoms with E-state index in [0.29, 0.717) is 5.02 Å². The van der Waals surface area contributed by atoms with Gasteiger partial charge in [-0.05, 0) is 31.2 Å². The fraction of sp³-hybridized carbons (Fsp3) is 0.455. The van der Waals surface area contributed by atoms with Gasteiger partial charge in [0.15, 0.2) is 9.84 Å². The fourth-order valence-corrected chi connectivity index (χ4v) is 2.83. The van der Waals surface area contributed by atoms with Crippen LogP contribution in [0.2, 0.25) is 5.02 Å². The molecule has 0 bridgehead atoms. The SMILES string of the molecule is CC(CNCC(F)(F)F)S(=O)(=O)c1ccc(Cl)cc1. The molecule has 19 heavy (non-hydrogen) atoms. The molecule has 1 N–H and O–H groups in total. The Hall–Kier alpha value is -0.790. The minimum atomic E-state index is -4.36. The molecule has 0 amide bonds. The molecule has 0 aromatic heterocycles. The molecule has 1 aromatic carbocycles. The Morgan fingerprint density at radius 3 is 2.26 bits per heavy atom. The Bertz CT molecular complexity index is 514. The lowest BCUT2D eigenvalue weighted by Gasteiger charge is -2.15. The summed E-state index contributed by atoms with van der Waals surface area (Å²) in [6, 6.07) is 5.50. The smallest absolute Gasteiger partial charge is 0.307 e. The van der Waals surface area contributed by atoms with E-state index in [1.807, 2.05) is 0 Å². The molecule has 0 aliphatic rings. The van der Waals surface area contributed by atoms with E-state index in [4.69, 9.17) is 11.6 Å². The number of hydrogen-bond acceptors (Lipinski definition) is 3. The van der Waals surface area contributed by atoms with Crippen molar-refractivity contribution in [1.29, 1.82) is 0 Å². The summed E-state index contributed by atoms with van der Waals surface area (Å²) in [7, 11) is -3.66. The van der Waals surface area contributed by atoms with Crippen molar-refractivity contribution in [2.24, 2.45) is 0 Å². The highest BCUT2D eigenvalue weighted by atomic mass is 35.5. The molecular weight excluding hydrogens is 303 g/mol. The molecule has 0 fully saturated rings. The summed E-state index contributed by atoms with van der Waals surface area (Å²) >= 11 is 5.64. The van der Waals surface area contributed by atoms with E-state index in [9.17, 15) is 21.6 Å². The number of rotatable bonds is 5. The first kappa shape index (κ1) is 16.3. The first-order valence-electron chi connectivity index (χ1n) is 5.40. The number of alkyl halides is 3. The van der Waals surface area contributed by atoms with Crippen LogP contribution in [0.4, 0.5) is 13.2 Å². The number of hydrogen-bond donors (Lipinski definition) is 1. The fourth-order valence-electron chi connectivity index (χ4n) is 1.38. The molecular formula is C11H13ClF3NO2S. The molecule has 0 spiro atoms. The maximum absolute atomic E-state index is 12.0. The van der Waals surface area contributed by atoms with Gasteiger partial charge in [-0.1, -0.05) is 11.6 Å². The molecule has 1 rings (SSSR count). The zero-order chi connectivity index (χ0) is 14.7. The zero-order valence-corrected chi connectivity index (χ0v) is 11.6. The molecule has 0 saturated heterocycles. The second kappa shape index (κ2) is 6.11. The molecule has 1 aromatic rings. The third kappa shape index (κ3) is 5.00. The lowest BCUT2D eigenvalue weighted by Crippen LogP contribution is -2.36. The number of sulfone groups is 1. The Morgan fingerprint density at radius 2 is 1.79 bits per heavy atom. The van der Waals surface area contributed by atoms with Gasteiger partial charge in [0.05, 0.1) is 16.7 Å². The molecule has 1 atom stereocenters. The summed E-state index contributed by atoms with van der Waals surface area (Å²) in [6.45, 7) is -0.134. The monoisotopic (exact) mass is 315 g/mol. The van der Waals surface area contributed by atoms with Crippen molar-refractivity contribution in [2.45, 2.75) is 23.2 Å². The lowest BCUT2D eigenvalue weighted by atomic mass is 10.4. The van der Waals surface area contributed by atoms with Gasteiger partial charge in [-0.3, -0.25) is 0 Å². The Morgan fingerprint density at radius 1 is 1.26 bits per heavy atom. The van der Waals surface area contributed by atoms with Crippen molar-refractivity contribution in [3.05, 3.63) is 29.3 Å². The maximum atomic E-state index is 12.0. The molecule has 0 heterocycles. The average Bonchev–Trinajstić information content (AvgIpc) is 2.27. The first-order valence-corrected chi connectivity index (χ1v) is 7.32. The van der Waals surface area contributed by atoms with E-state index in [2.05, 4.69) is 5.32 Å². The van der Waals surface area contributed by atoms with Crippen LogP contribution in [0.3, 0.4) is 0 Å². The summed E-state index contributed by atoms with van der Waals surface area (Å²) in [5.74, 6) is 0. The molecule has 8 heteroatoms. The van der Waals surface area contributed by atoms with E-state index >= 15 is 0 Å². The van der Waals surface area contributed by atoms with E-state index < -0.39 is 27.8 Å². The van der Waals surface area contributed by atoms with Crippen LogP contribution >= 0.6 is 11.6 Å². The van der Waals surface area contributed by atoms with Crippen LogP contribution in [0, 0.1) is 0 Å². The van der Waals surface area contributed by atoms with Crippen LogP contribution in [0.15, 0.2) is 29.2 Å². The topological polar surface area (TPSA) is 46.2 Å². The summed E-state index contributed by atoms with van der Waals surface area (Å²) in [5.41, 5.74) is 0. The highest BCUT2D eigenvalue weighted by Gasteiger charge is 2.28. The van der Waals surface area contributed by atoms with Crippen molar-refractivity contribution in [3.8, 4) is 0 Å². The summed E-state index contributed by atoms with van der Waals surface area (Å²) in [5, 5.41) is 1.51. The highest BCUT2D eigenvalue weighted by Crippen LogP contribution is 2.19. The van der Waals surface area contributed by atoms with Crippen LogP contribution in [0.1, 0.15) is 6.92 Å². The van der Waals surface area contributed by atoms with Crippen molar-refractivity contribution in [2.75, 3.05) is 13.1 Å². The third-order valence-electron chi connectivity index (χ3n) is 2.43. The molecule has 0 radical (unpaired) electrons. The molecule has 108 valence electrons. The molecule has 3 nitrogen and oxygen atoms in total. The predicted octanol–water partition coefficient (Wildman–Crippen LogP) is 2.65. The maximum Gasteiger partial charge on any atom is 0.401 e. The largest absolute Gasteiger partial charge is 0.401 e. The van der Waals surface area contributed by atoms with Gasteiger partial charge in [-0.25, -0.2) is 8.42 Å². The van der Waals surface area contributed by atoms with Crippen molar-refractivity contribution >= 4 is 21.4 Å². The van der Waals surface area contributed by atoms with Crippen LogP contribution in [0.5, 0.6) is 0 Å². The minimum absolute atomic E-state index is 0.0400. The van der Waals surface area contributed by atoms with Crippen molar-refractivity contribution in [3.63, 3.8) is 0 Å².